The van der Waals surface area contributed by atoms with Crippen molar-refractivity contribution >= 4 is 11.6 Å². The van der Waals surface area contributed by atoms with Crippen LogP contribution in [0.3, 0.4) is 0 Å². The fraction of sp³-hybridized carbons (Fsp3) is 0.562. The zero-order valence-electron chi connectivity index (χ0n) is 12.5. The summed E-state index contributed by atoms with van der Waals surface area (Å²) >= 11 is 0. The predicted molar refractivity (Wildman–Crippen MR) is 81.0 cm³/mol. The molecule has 1 amide bonds. The minimum absolute atomic E-state index is 0.00639. The number of piperidine rings is 1. The van der Waals surface area contributed by atoms with Gasteiger partial charge in [0.15, 0.2) is 0 Å². The normalized spacial score (nSPS) is 22.7. The molecule has 2 unspecified atom stereocenters. The number of rotatable bonds is 3. The van der Waals surface area contributed by atoms with E-state index in [9.17, 15) is 9.90 Å². The minimum Gasteiger partial charge on any atom is -0.391 e. The molecular formula is C16H24N2O2. The van der Waals surface area contributed by atoms with Crippen molar-refractivity contribution in [3.05, 3.63) is 29.3 Å². The first-order valence-corrected chi connectivity index (χ1v) is 7.34. The number of carbonyl (C=O) groups excluding carboxylic acids is 1. The Bertz CT molecular complexity index is 487. The Kier molecular flexibility index (Phi) is 4.65. The maximum absolute atomic E-state index is 12.6. The zero-order valence-corrected chi connectivity index (χ0v) is 12.5. The van der Waals surface area contributed by atoms with Crippen molar-refractivity contribution in [3.8, 4) is 0 Å². The first-order chi connectivity index (χ1) is 9.52. The molecule has 20 heavy (non-hydrogen) atoms. The number of hydrogen-bond donors (Lipinski definition) is 2. The molecule has 1 aliphatic rings. The number of aliphatic hydroxyl groups is 1. The van der Waals surface area contributed by atoms with Gasteiger partial charge >= 0.3 is 0 Å². The molecule has 1 saturated heterocycles. The van der Waals surface area contributed by atoms with Crippen LogP contribution in [0.1, 0.15) is 36.2 Å². The first kappa shape index (κ1) is 14.9. The lowest BCUT2D eigenvalue weighted by atomic mass is 9.95. The van der Waals surface area contributed by atoms with E-state index < -0.39 is 6.10 Å². The molecule has 0 bridgehead atoms. The summed E-state index contributed by atoms with van der Waals surface area (Å²) in [6.45, 7) is 7.99. The van der Waals surface area contributed by atoms with Crippen LogP contribution in [0.5, 0.6) is 0 Å². The Hall–Kier alpha value is -1.55. The highest BCUT2D eigenvalue weighted by Gasteiger charge is 2.28. The lowest BCUT2D eigenvalue weighted by Gasteiger charge is -2.34. The second-order valence-corrected chi connectivity index (χ2v) is 5.66. The number of hydrogen-bond acceptors (Lipinski definition) is 3. The van der Waals surface area contributed by atoms with Crippen molar-refractivity contribution in [2.24, 2.45) is 5.92 Å². The predicted octanol–water partition coefficient (Wildman–Crippen LogP) is 2.27. The van der Waals surface area contributed by atoms with Crippen molar-refractivity contribution in [2.75, 3.05) is 25.0 Å². The number of carbonyl (C=O) groups is 1. The molecule has 0 aromatic heterocycles. The molecular weight excluding hydrogens is 252 g/mol. The van der Waals surface area contributed by atoms with Crippen LogP contribution in [0.15, 0.2) is 18.2 Å². The smallest absolute Gasteiger partial charge is 0.256 e. The van der Waals surface area contributed by atoms with Crippen LogP contribution in [-0.2, 0) is 0 Å². The number of nitrogens with one attached hydrogen (secondary N) is 1. The summed E-state index contributed by atoms with van der Waals surface area (Å²) in [6, 6.07) is 5.83. The third-order valence-electron chi connectivity index (χ3n) is 3.98. The molecule has 2 rings (SSSR count). The fourth-order valence-corrected chi connectivity index (χ4v) is 2.58. The third-order valence-corrected chi connectivity index (χ3v) is 3.98. The molecule has 4 heteroatoms. The van der Waals surface area contributed by atoms with Gasteiger partial charge in [-0.1, -0.05) is 13.0 Å². The van der Waals surface area contributed by atoms with Crippen LogP contribution in [0.4, 0.5) is 5.69 Å². The van der Waals surface area contributed by atoms with E-state index in [1.165, 1.54) is 0 Å². The molecule has 1 aliphatic heterocycles. The van der Waals surface area contributed by atoms with Crippen LogP contribution in [0.2, 0.25) is 0 Å². The van der Waals surface area contributed by atoms with Crippen molar-refractivity contribution in [1.82, 2.24) is 4.90 Å². The molecule has 0 radical (unpaired) electrons. The number of aliphatic hydroxyl groups excluding tert-OH is 1. The quantitative estimate of drug-likeness (QED) is 0.890. The number of likely N-dealkylation sites (tertiary alicyclic amines) is 1. The summed E-state index contributed by atoms with van der Waals surface area (Å²) in [5.74, 6) is 0.275. The van der Waals surface area contributed by atoms with Gasteiger partial charge in [-0.15, -0.1) is 0 Å². The highest BCUT2D eigenvalue weighted by Crippen LogP contribution is 2.23. The van der Waals surface area contributed by atoms with Gasteiger partial charge in [0.2, 0.25) is 0 Å². The highest BCUT2D eigenvalue weighted by atomic mass is 16.3. The molecule has 1 aromatic rings. The standard InChI is InChI=1S/C16H24N2O2/c1-4-17-14-9-11(2)5-6-13(14)16(20)18-8-7-12(3)15(19)10-18/h5-6,9,12,15,17,19H,4,7-8,10H2,1-3H3. The number of aryl methyl sites for hydroxylation is 1. The number of anilines is 1. The summed E-state index contributed by atoms with van der Waals surface area (Å²) in [5.41, 5.74) is 2.70. The average Bonchev–Trinajstić information content (AvgIpc) is 2.42. The summed E-state index contributed by atoms with van der Waals surface area (Å²) in [6.07, 6.45) is 0.440. The van der Waals surface area contributed by atoms with Crippen LogP contribution < -0.4 is 5.32 Å². The summed E-state index contributed by atoms with van der Waals surface area (Å²) in [7, 11) is 0. The van der Waals surface area contributed by atoms with Gasteiger partial charge in [0, 0.05) is 25.3 Å². The monoisotopic (exact) mass is 276 g/mol. The van der Waals surface area contributed by atoms with Crippen LogP contribution >= 0.6 is 0 Å². The van der Waals surface area contributed by atoms with Gasteiger partial charge in [-0.3, -0.25) is 4.79 Å². The molecule has 1 aromatic carbocycles. The van der Waals surface area contributed by atoms with E-state index in [-0.39, 0.29) is 11.8 Å². The Morgan fingerprint density at radius 2 is 2.25 bits per heavy atom. The summed E-state index contributed by atoms with van der Waals surface area (Å²) in [5, 5.41) is 13.2. The largest absolute Gasteiger partial charge is 0.391 e. The van der Waals surface area contributed by atoms with Gasteiger partial charge in [0.05, 0.1) is 11.7 Å². The maximum atomic E-state index is 12.6. The average molecular weight is 276 g/mol. The molecule has 110 valence electrons. The topological polar surface area (TPSA) is 52.6 Å². The van der Waals surface area contributed by atoms with E-state index in [2.05, 4.69) is 5.32 Å². The number of nitrogens with zero attached hydrogens (tertiary/aromatic N) is 1. The van der Waals surface area contributed by atoms with E-state index in [0.717, 1.165) is 30.8 Å². The molecule has 0 saturated carbocycles. The molecule has 0 spiro atoms. The van der Waals surface area contributed by atoms with Gasteiger partial charge in [-0.05, 0) is 43.9 Å². The van der Waals surface area contributed by atoms with Crippen LogP contribution in [-0.4, -0.2) is 41.7 Å². The van der Waals surface area contributed by atoms with Gasteiger partial charge in [0.1, 0.15) is 0 Å². The molecule has 1 fully saturated rings. The zero-order chi connectivity index (χ0) is 14.7. The Labute approximate surface area is 120 Å². The van der Waals surface area contributed by atoms with Gasteiger partial charge in [0.25, 0.3) is 5.91 Å². The molecule has 2 N–H and O–H groups in total. The van der Waals surface area contributed by atoms with Crippen molar-refractivity contribution in [3.63, 3.8) is 0 Å². The summed E-state index contributed by atoms with van der Waals surface area (Å²) < 4.78 is 0. The minimum atomic E-state index is -0.416. The second kappa shape index (κ2) is 6.27. The third kappa shape index (κ3) is 3.12. The van der Waals surface area contributed by atoms with Gasteiger partial charge in [-0.25, -0.2) is 0 Å². The Morgan fingerprint density at radius 3 is 2.90 bits per heavy atom. The molecule has 1 heterocycles. The molecule has 4 nitrogen and oxygen atoms in total. The van der Waals surface area contributed by atoms with Crippen molar-refractivity contribution < 1.29 is 9.90 Å². The molecule has 0 aliphatic carbocycles. The maximum Gasteiger partial charge on any atom is 0.256 e. The lowest BCUT2D eigenvalue weighted by molar-refractivity contribution is 0.0249. The fourth-order valence-electron chi connectivity index (χ4n) is 2.58. The number of amides is 1. The first-order valence-electron chi connectivity index (χ1n) is 7.34. The Morgan fingerprint density at radius 1 is 1.50 bits per heavy atom. The van der Waals surface area contributed by atoms with Crippen LogP contribution in [0.25, 0.3) is 0 Å². The van der Waals surface area contributed by atoms with Crippen molar-refractivity contribution in [1.29, 1.82) is 0 Å². The second-order valence-electron chi connectivity index (χ2n) is 5.66. The van der Waals surface area contributed by atoms with E-state index in [1.54, 1.807) is 4.90 Å². The van der Waals surface area contributed by atoms with E-state index in [1.807, 2.05) is 39.0 Å². The van der Waals surface area contributed by atoms with Crippen molar-refractivity contribution in [2.45, 2.75) is 33.3 Å². The highest BCUT2D eigenvalue weighted by molar-refractivity contribution is 5.99. The molecule has 2 atom stereocenters. The van der Waals surface area contributed by atoms with Crippen LogP contribution in [0, 0.1) is 12.8 Å². The Balaban J connectivity index is 2.20. The SMILES string of the molecule is CCNc1cc(C)ccc1C(=O)N1CCC(C)C(O)C1. The van der Waals surface area contributed by atoms with E-state index >= 15 is 0 Å². The lowest BCUT2D eigenvalue weighted by Crippen LogP contribution is -2.46. The van der Waals surface area contributed by atoms with Gasteiger partial charge in [-0.2, -0.15) is 0 Å². The number of benzene rings is 1. The van der Waals surface area contributed by atoms with Gasteiger partial charge < -0.3 is 15.3 Å². The summed E-state index contributed by atoms with van der Waals surface area (Å²) in [4.78, 5) is 14.4. The van der Waals surface area contributed by atoms with E-state index in [4.69, 9.17) is 0 Å². The van der Waals surface area contributed by atoms with E-state index in [0.29, 0.717) is 12.1 Å². The number of β-amino-alcohol motifs (C(OH)–C–C–N with tert-alkyl or cyclic N) is 1.